The van der Waals surface area contributed by atoms with E-state index in [4.69, 9.17) is 10.6 Å². The molecule has 2 aromatic carbocycles. The molecular weight excluding hydrogens is 601 g/mol. The Bertz CT molecular complexity index is 1180. The van der Waals surface area contributed by atoms with E-state index in [1.54, 1.807) is 6.20 Å². The van der Waals surface area contributed by atoms with Gasteiger partial charge >= 0.3 is 6.09 Å². The van der Waals surface area contributed by atoms with Crippen LogP contribution in [0.5, 0.6) is 0 Å². The Hall–Kier alpha value is -2.92. The van der Waals surface area contributed by atoms with Crippen LogP contribution in [0, 0.1) is 5.92 Å². The largest absolute Gasteiger partial charge is 0.453 e. The second kappa shape index (κ2) is 20.1. The predicted molar refractivity (Wildman–Crippen MR) is 173 cm³/mol. The number of amides is 2. The second-order valence-corrected chi connectivity index (χ2v) is 9.71. The minimum Gasteiger partial charge on any atom is -0.453 e. The van der Waals surface area contributed by atoms with Gasteiger partial charge in [-0.1, -0.05) is 80.9 Å². The third kappa shape index (κ3) is 12.1. The van der Waals surface area contributed by atoms with E-state index in [1.807, 2.05) is 86.6 Å². The minimum atomic E-state index is -0.970. The van der Waals surface area contributed by atoms with Crippen LogP contribution in [-0.2, 0) is 22.5 Å². The lowest BCUT2D eigenvalue weighted by molar-refractivity contribution is -0.126. The minimum absolute atomic E-state index is 0. The molecule has 0 aliphatic carbocycles. The molecule has 0 bridgehead atoms. The average Bonchev–Trinajstić information content (AvgIpc) is 2.96. The maximum Gasteiger partial charge on any atom is 0.407 e. The summed E-state index contributed by atoms with van der Waals surface area (Å²) in [7, 11) is 1.25. The number of nitrogens with one attached hydrogen (secondary N) is 2. The van der Waals surface area contributed by atoms with Crippen LogP contribution in [0.1, 0.15) is 31.4 Å². The smallest absolute Gasteiger partial charge is 0.407 e. The molecule has 0 saturated carbocycles. The molecule has 1 aromatic heterocycles. The Kier molecular flexibility index (Phi) is 18.7. The van der Waals surface area contributed by atoms with Crippen LogP contribution >= 0.6 is 37.2 Å². The molecular formula is C30H42Cl3N5O4. The van der Waals surface area contributed by atoms with Gasteiger partial charge in [0.2, 0.25) is 5.91 Å². The first-order valence-electron chi connectivity index (χ1n) is 13.2. The van der Waals surface area contributed by atoms with Gasteiger partial charge in [0.15, 0.2) is 0 Å². The quantitative estimate of drug-likeness (QED) is 0.159. The number of hydrogen-bond donors (Lipinski definition) is 4. The number of carbonyl (C=O) groups excluding carboxylic acids is 2. The zero-order chi connectivity index (χ0) is 28.2. The fourth-order valence-electron chi connectivity index (χ4n) is 4.29. The van der Waals surface area contributed by atoms with Crippen LogP contribution in [0.3, 0.4) is 0 Å². The number of ether oxygens (including phenoxy) is 1. The van der Waals surface area contributed by atoms with E-state index in [-0.39, 0.29) is 55.6 Å². The molecule has 3 rings (SSSR count). The molecule has 232 valence electrons. The molecule has 0 unspecified atom stereocenters. The SMILES string of the molecule is CC[C@H](C)[C@H](NC(=O)OC)C(=O)N[C@@H](Cc1ccccc1)[C@@H](O)CN(N)Cc1ccc(-c2ccccn2)cc1.Cl.Cl.Cl. The average molecular weight is 643 g/mol. The molecule has 0 spiro atoms. The molecule has 0 fully saturated rings. The van der Waals surface area contributed by atoms with Gasteiger partial charge in [0.1, 0.15) is 6.04 Å². The van der Waals surface area contributed by atoms with E-state index in [0.717, 1.165) is 22.4 Å². The van der Waals surface area contributed by atoms with Crippen molar-refractivity contribution in [3.8, 4) is 11.3 Å². The van der Waals surface area contributed by atoms with Gasteiger partial charge in [-0.3, -0.25) is 15.6 Å². The second-order valence-electron chi connectivity index (χ2n) is 9.71. The monoisotopic (exact) mass is 641 g/mol. The zero-order valence-electron chi connectivity index (χ0n) is 24.0. The first-order valence-corrected chi connectivity index (χ1v) is 13.2. The van der Waals surface area contributed by atoms with Gasteiger partial charge in [-0.2, -0.15) is 0 Å². The number of aromatic nitrogens is 1. The number of hydrazine groups is 1. The molecule has 0 radical (unpaired) electrons. The fourth-order valence-corrected chi connectivity index (χ4v) is 4.29. The van der Waals surface area contributed by atoms with Crippen LogP contribution in [0.15, 0.2) is 79.0 Å². The predicted octanol–water partition coefficient (Wildman–Crippen LogP) is 4.55. The van der Waals surface area contributed by atoms with Crippen molar-refractivity contribution < 1.29 is 19.4 Å². The highest BCUT2D eigenvalue weighted by molar-refractivity contribution is 5.86. The van der Waals surface area contributed by atoms with Crippen molar-refractivity contribution in [2.75, 3.05) is 13.7 Å². The number of nitrogens with two attached hydrogens (primary N) is 1. The summed E-state index contributed by atoms with van der Waals surface area (Å²) in [6.07, 6.45) is 1.17. The first kappa shape index (κ1) is 39.1. The Morgan fingerprint density at radius 3 is 2.17 bits per heavy atom. The van der Waals surface area contributed by atoms with Crippen molar-refractivity contribution in [1.29, 1.82) is 0 Å². The molecule has 0 saturated heterocycles. The third-order valence-corrected chi connectivity index (χ3v) is 6.77. The summed E-state index contributed by atoms with van der Waals surface area (Å²) in [5.74, 6) is 5.78. The van der Waals surface area contributed by atoms with Crippen LogP contribution in [0.4, 0.5) is 4.79 Å². The molecule has 5 N–H and O–H groups in total. The molecule has 3 aromatic rings. The van der Waals surface area contributed by atoms with Gasteiger partial charge in [-0.25, -0.2) is 9.80 Å². The Morgan fingerprint density at radius 2 is 1.60 bits per heavy atom. The Morgan fingerprint density at radius 1 is 0.952 bits per heavy atom. The van der Waals surface area contributed by atoms with Crippen molar-refractivity contribution in [2.45, 2.75) is 51.4 Å². The van der Waals surface area contributed by atoms with Gasteiger partial charge in [0, 0.05) is 24.8 Å². The van der Waals surface area contributed by atoms with E-state index < -0.39 is 24.3 Å². The summed E-state index contributed by atoms with van der Waals surface area (Å²) in [5, 5.41) is 18.3. The van der Waals surface area contributed by atoms with Crippen molar-refractivity contribution in [3.05, 3.63) is 90.1 Å². The van der Waals surface area contributed by atoms with E-state index in [2.05, 4.69) is 15.6 Å². The summed E-state index contributed by atoms with van der Waals surface area (Å²) in [6.45, 7) is 4.35. The molecule has 42 heavy (non-hydrogen) atoms. The number of methoxy groups -OCH3 is 1. The lowest BCUT2D eigenvalue weighted by Crippen LogP contribution is -2.57. The number of nitrogens with zero attached hydrogens (tertiary/aromatic N) is 2. The summed E-state index contributed by atoms with van der Waals surface area (Å²) in [6, 6.07) is 21.9. The van der Waals surface area contributed by atoms with E-state index in [0.29, 0.717) is 19.4 Å². The number of benzene rings is 2. The maximum absolute atomic E-state index is 13.3. The van der Waals surface area contributed by atoms with Crippen LogP contribution in [0.2, 0.25) is 0 Å². The van der Waals surface area contributed by atoms with Crippen molar-refractivity contribution >= 4 is 49.2 Å². The first-order chi connectivity index (χ1) is 18.8. The van der Waals surface area contributed by atoms with Crippen LogP contribution in [0.25, 0.3) is 11.3 Å². The molecule has 2 amide bonds. The highest BCUT2D eigenvalue weighted by Crippen LogP contribution is 2.18. The number of carbonyl (C=O) groups is 2. The summed E-state index contributed by atoms with van der Waals surface area (Å²) >= 11 is 0. The number of aliphatic hydroxyl groups is 1. The van der Waals surface area contributed by atoms with Crippen LogP contribution in [-0.4, -0.2) is 58.9 Å². The molecule has 9 nitrogen and oxygen atoms in total. The van der Waals surface area contributed by atoms with E-state index in [9.17, 15) is 14.7 Å². The number of halogens is 3. The van der Waals surface area contributed by atoms with Gasteiger partial charge in [-0.05, 0) is 35.6 Å². The Balaban J connectivity index is 0.00000560. The zero-order valence-corrected chi connectivity index (χ0v) is 26.5. The summed E-state index contributed by atoms with van der Waals surface area (Å²) in [4.78, 5) is 29.5. The highest BCUT2D eigenvalue weighted by Gasteiger charge is 2.30. The number of aliphatic hydroxyl groups excluding tert-OH is 1. The highest BCUT2D eigenvalue weighted by atomic mass is 35.5. The third-order valence-electron chi connectivity index (χ3n) is 6.77. The molecule has 0 aliphatic heterocycles. The number of pyridine rings is 1. The van der Waals surface area contributed by atoms with E-state index in [1.165, 1.54) is 12.1 Å². The van der Waals surface area contributed by atoms with Gasteiger partial charge in [-0.15, -0.1) is 37.2 Å². The number of rotatable bonds is 13. The Labute approximate surface area is 266 Å². The molecule has 1 heterocycles. The number of hydrogen-bond acceptors (Lipinski definition) is 7. The van der Waals surface area contributed by atoms with Gasteiger partial charge < -0.3 is 20.5 Å². The lowest BCUT2D eigenvalue weighted by atomic mass is 9.96. The summed E-state index contributed by atoms with van der Waals surface area (Å²) < 4.78 is 4.71. The fraction of sp³-hybridized carbons (Fsp3) is 0.367. The van der Waals surface area contributed by atoms with Crippen molar-refractivity contribution in [1.82, 2.24) is 20.6 Å². The molecule has 0 aliphatic rings. The normalized spacial score (nSPS) is 13.2. The standard InChI is InChI=1S/C30H39N5O4.3ClH/c1-4-21(2)28(34-30(38)39-3)29(37)33-26(18-22-10-6-5-7-11-22)27(36)20-35(31)19-23-13-15-24(16-14-23)25-12-8-9-17-32-25;;;/h5-17,21,26-28,36H,4,18-20,31H2,1-3H3,(H,33,37)(H,34,38);3*1H/t21-,26-,27-,28-;;;/m0.../s1. The van der Waals surface area contributed by atoms with Crippen LogP contribution < -0.4 is 16.5 Å². The summed E-state index contributed by atoms with van der Waals surface area (Å²) in [5.41, 5.74) is 3.83. The van der Waals surface area contributed by atoms with Gasteiger partial charge in [0.05, 0.1) is 24.9 Å². The topological polar surface area (TPSA) is 130 Å². The maximum atomic E-state index is 13.3. The van der Waals surface area contributed by atoms with Crippen molar-refractivity contribution in [3.63, 3.8) is 0 Å². The van der Waals surface area contributed by atoms with E-state index >= 15 is 0 Å². The molecule has 4 atom stereocenters. The number of alkyl carbamates (subject to hydrolysis) is 1. The van der Waals surface area contributed by atoms with Gasteiger partial charge in [0.25, 0.3) is 0 Å². The molecule has 12 heteroatoms. The van der Waals surface area contributed by atoms with Crippen molar-refractivity contribution in [2.24, 2.45) is 11.8 Å². The lowest BCUT2D eigenvalue weighted by Gasteiger charge is -2.30.